The highest BCUT2D eigenvalue weighted by Gasteiger charge is 2.22. The van der Waals surface area contributed by atoms with Crippen molar-refractivity contribution in [1.82, 2.24) is 5.32 Å². The zero-order chi connectivity index (χ0) is 15.8. The molecule has 0 aliphatic rings. The first-order valence-electron chi connectivity index (χ1n) is 6.68. The lowest BCUT2D eigenvalue weighted by Gasteiger charge is -2.18. The van der Waals surface area contributed by atoms with Gasteiger partial charge >= 0.3 is 5.97 Å². The zero-order valence-corrected chi connectivity index (χ0v) is 13.1. The summed E-state index contributed by atoms with van der Waals surface area (Å²) in [6, 6.07) is 6.20. The van der Waals surface area contributed by atoms with Crippen LogP contribution in [0.1, 0.15) is 20.3 Å². The van der Waals surface area contributed by atoms with E-state index in [9.17, 15) is 9.59 Å². The van der Waals surface area contributed by atoms with Crippen LogP contribution in [0.4, 0.5) is 0 Å². The Morgan fingerprint density at radius 1 is 1.29 bits per heavy atom. The van der Waals surface area contributed by atoms with Crippen molar-refractivity contribution in [2.24, 2.45) is 5.92 Å². The van der Waals surface area contributed by atoms with Crippen LogP contribution < -0.4 is 10.1 Å². The van der Waals surface area contributed by atoms with Crippen LogP contribution in [-0.4, -0.2) is 31.6 Å². The van der Waals surface area contributed by atoms with Crippen LogP contribution in [0.15, 0.2) is 24.3 Å². The van der Waals surface area contributed by atoms with E-state index >= 15 is 0 Å². The average Bonchev–Trinajstić information content (AvgIpc) is 2.44. The minimum Gasteiger partial charge on any atom is -0.482 e. The number of benzene rings is 1. The van der Waals surface area contributed by atoms with Crippen molar-refractivity contribution < 1.29 is 19.1 Å². The molecule has 5 nitrogen and oxygen atoms in total. The van der Waals surface area contributed by atoms with Crippen molar-refractivity contribution in [1.29, 1.82) is 0 Å². The molecule has 1 unspecified atom stereocenters. The summed E-state index contributed by atoms with van der Waals surface area (Å²) < 4.78 is 10.0. The minimum absolute atomic E-state index is 0.213. The lowest BCUT2D eigenvalue weighted by Crippen LogP contribution is -2.44. The van der Waals surface area contributed by atoms with Crippen LogP contribution in [0.5, 0.6) is 5.75 Å². The van der Waals surface area contributed by atoms with E-state index < -0.39 is 17.9 Å². The molecular weight excluding hydrogens is 294 g/mol. The highest BCUT2D eigenvalue weighted by molar-refractivity contribution is 6.32. The molecule has 0 aliphatic carbocycles. The molecule has 0 saturated carbocycles. The van der Waals surface area contributed by atoms with Gasteiger partial charge in [0.2, 0.25) is 0 Å². The number of rotatable bonds is 7. The maximum atomic E-state index is 11.9. The van der Waals surface area contributed by atoms with E-state index in [1.807, 2.05) is 13.8 Å². The Kier molecular flexibility index (Phi) is 7.02. The maximum Gasteiger partial charge on any atom is 0.328 e. The second-order valence-corrected chi connectivity index (χ2v) is 5.40. The number of hydrogen-bond acceptors (Lipinski definition) is 4. The second kappa shape index (κ2) is 8.52. The highest BCUT2D eigenvalue weighted by Crippen LogP contribution is 2.22. The highest BCUT2D eigenvalue weighted by atomic mass is 35.5. The van der Waals surface area contributed by atoms with E-state index in [2.05, 4.69) is 10.1 Å². The Labute approximate surface area is 129 Å². The molecule has 0 aromatic heterocycles. The quantitative estimate of drug-likeness (QED) is 0.785. The minimum atomic E-state index is -0.669. The van der Waals surface area contributed by atoms with E-state index in [0.29, 0.717) is 17.2 Å². The Morgan fingerprint density at radius 3 is 2.52 bits per heavy atom. The van der Waals surface area contributed by atoms with E-state index in [-0.39, 0.29) is 12.5 Å². The summed E-state index contributed by atoms with van der Waals surface area (Å²) in [5.74, 6) is -0.188. The van der Waals surface area contributed by atoms with E-state index in [0.717, 1.165) is 0 Å². The van der Waals surface area contributed by atoms with Crippen LogP contribution in [0.2, 0.25) is 5.02 Å². The molecule has 6 heteroatoms. The molecular formula is C15H20ClNO4. The van der Waals surface area contributed by atoms with E-state index in [4.69, 9.17) is 16.3 Å². The predicted molar refractivity (Wildman–Crippen MR) is 80.3 cm³/mol. The van der Waals surface area contributed by atoms with Gasteiger partial charge in [0.15, 0.2) is 6.61 Å². The van der Waals surface area contributed by atoms with Gasteiger partial charge in [0.05, 0.1) is 12.1 Å². The Bertz CT molecular complexity index is 490. The zero-order valence-electron chi connectivity index (χ0n) is 12.4. The summed E-state index contributed by atoms with van der Waals surface area (Å²) in [4.78, 5) is 23.5. The van der Waals surface area contributed by atoms with Gasteiger partial charge in [-0.1, -0.05) is 37.6 Å². The van der Waals surface area contributed by atoms with Gasteiger partial charge in [-0.25, -0.2) is 4.79 Å². The lowest BCUT2D eigenvalue weighted by atomic mass is 10.0. The number of hydrogen-bond donors (Lipinski definition) is 1. The number of ether oxygens (including phenoxy) is 2. The first-order chi connectivity index (χ1) is 9.93. The third kappa shape index (κ3) is 6.04. The van der Waals surface area contributed by atoms with Gasteiger partial charge < -0.3 is 14.8 Å². The average molecular weight is 314 g/mol. The fraction of sp³-hybridized carbons (Fsp3) is 0.467. The Balaban J connectivity index is 2.54. The first kappa shape index (κ1) is 17.3. The van der Waals surface area contributed by atoms with Crippen molar-refractivity contribution in [2.75, 3.05) is 13.7 Å². The topological polar surface area (TPSA) is 64.6 Å². The van der Waals surface area contributed by atoms with Gasteiger partial charge in [-0.15, -0.1) is 0 Å². The van der Waals surface area contributed by atoms with Crippen molar-refractivity contribution in [2.45, 2.75) is 26.3 Å². The molecule has 0 spiro atoms. The SMILES string of the molecule is COC(=O)C(CC(C)C)NC(=O)COc1ccccc1Cl. The van der Waals surface area contributed by atoms with E-state index in [1.165, 1.54) is 7.11 Å². The molecule has 0 fully saturated rings. The van der Waals surface area contributed by atoms with Crippen LogP contribution >= 0.6 is 11.6 Å². The molecule has 1 N–H and O–H groups in total. The summed E-state index contributed by atoms with van der Waals surface area (Å²) in [6.07, 6.45) is 0.504. The molecule has 21 heavy (non-hydrogen) atoms. The Hall–Kier alpha value is -1.75. The fourth-order valence-corrected chi connectivity index (χ4v) is 1.96. The number of para-hydroxylation sites is 1. The van der Waals surface area contributed by atoms with Gasteiger partial charge in [0.1, 0.15) is 11.8 Å². The third-order valence-electron chi connectivity index (χ3n) is 2.72. The standard InChI is InChI=1S/C15H20ClNO4/c1-10(2)8-12(15(19)20-3)17-14(18)9-21-13-7-5-4-6-11(13)16/h4-7,10,12H,8-9H2,1-3H3,(H,17,18). The molecule has 0 aliphatic heterocycles. The Morgan fingerprint density at radius 2 is 1.95 bits per heavy atom. The molecule has 1 aromatic rings. The summed E-state index contributed by atoms with van der Waals surface area (Å²) in [5.41, 5.74) is 0. The smallest absolute Gasteiger partial charge is 0.328 e. The number of esters is 1. The molecule has 1 aromatic carbocycles. The normalized spacial score (nSPS) is 11.9. The number of carbonyl (C=O) groups excluding carboxylic acids is 2. The fourth-order valence-electron chi connectivity index (χ4n) is 1.77. The summed E-state index contributed by atoms with van der Waals surface area (Å²) in [7, 11) is 1.29. The molecule has 0 heterocycles. The van der Waals surface area contributed by atoms with Crippen molar-refractivity contribution >= 4 is 23.5 Å². The van der Waals surface area contributed by atoms with Gasteiger partial charge in [0, 0.05) is 0 Å². The second-order valence-electron chi connectivity index (χ2n) is 4.99. The first-order valence-corrected chi connectivity index (χ1v) is 7.06. The number of carbonyl (C=O) groups is 2. The monoisotopic (exact) mass is 313 g/mol. The van der Waals surface area contributed by atoms with Crippen LogP contribution in [0.3, 0.4) is 0 Å². The molecule has 1 rings (SSSR count). The van der Waals surface area contributed by atoms with Crippen LogP contribution in [0.25, 0.3) is 0 Å². The largest absolute Gasteiger partial charge is 0.482 e. The molecule has 0 bridgehead atoms. The van der Waals surface area contributed by atoms with Crippen molar-refractivity contribution in [3.63, 3.8) is 0 Å². The molecule has 116 valence electrons. The van der Waals surface area contributed by atoms with Gasteiger partial charge in [-0.05, 0) is 24.5 Å². The van der Waals surface area contributed by atoms with E-state index in [1.54, 1.807) is 24.3 Å². The number of halogens is 1. The summed E-state index contributed by atoms with van der Waals surface area (Å²) >= 11 is 5.92. The lowest BCUT2D eigenvalue weighted by molar-refractivity contribution is -0.145. The summed E-state index contributed by atoms with van der Waals surface area (Å²) in [5, 5.41) is 3.03. The van der Waals surface area contributed by atoms with Gasteiger partial charge in [0.25, 0.3) is 5.91 Å². The molecule has 0 radical (unpaired) electrons. The number of nitrogens with one attached hydrogen (secondary N) is 1. The number of amides is 1. The van der Waals surface area contributed by atoms with Crippen molar-refractivity contribution in [3.8, 4) is 5.75 Å². The van der Waals surface area contributed by atoms with Crippen molar-refractivity contribution in [3.05, 3.63) is 29.3 Å². The maximum absolute atomic E-state index is 11.9. The van der Waals surface area contributed by atoms with Crippen LogP contribution in [-0.2, 0) is 14.3 Å². The molecule has 1 atom stereocenters. The van der Waals surface area contributed by atoms with Gasteiger partial charge in [-0.2, -0.15) is 0 Å². The predicted octanol–water partition coefficient (Wildman–Crippen LogP) is 2.42. The molecule has 1 amide bonds. The van der Waals surface area contributed by atoms with Crippen LogP contribution in [0, 0.1) is 5.92 Å². The summed E-state index contributed by atoms with van der Waals surface area (Å²) in [6.45, 7) is 3.71. The number of methoxy groups -OCH3 is 1. The molecule has 0 saturated heterocycles. The third-order valence-corrected chi connectivity index (χ3v) is 3.04. The van der Waals surface area contributed by atoms with Gasteiger partial charge in [-0.3, -0.25) is 4.79 Å².